The number of halogens is 5. The first-order chi connectivity index (χ1) is 12.4. The van der Waals surface area contributed by atoms with Crippen LogP contribution in [0.4, 0.5) is 27.6 Å². The van der Waals surface area contributed by atoms with Gasteiger partial charge in [0.05, 0.1) is 22.7 Å². The van der Waals surface area contributed by atoms with Crippen LogP contribution in [0.1, 0.15) is 15.9 Å². The first-order valence-electron chi connectivity index (χ1n) is 6.98. The first kappa shape index (κ1) is 18.9. The van der Waals surface area contributed by atoms with Gasteiger partial charge in [-0.3, -0.25) is 9.59 Å². The van der Waals surface area contributed by atoms with Crippen LogP contribution in [0.2, 0.25) is 0 Å². The molecular formula is C15H7F5N2O4S. The number of nitrogens with two attached hydrogens (primary N) is 1. The van der Waals surface area contributed by atoms with Crippen LogP contribution in [0.3, 0.4) is 0 Å². The summed E-state index contributed by atoms with van der Waals surface area (Å²) in [6, 6.07) is 2.67. The summed E-state index contributed by atoms with van der Waals surface area (Å²) in [5.41, 5.74) is -2.02. The molecule has 6 nitrogen and oxygen atoms in total. The number of Topliss-reactive ketones (excluding diaryl/α,β-unsaturated/α-hetero) is 1. The van der Waals surface area contributed by atoms with E-state index >= 15 is 0 Å². The lowest BCUT2D eigenvalue weighted by Crippen LogP contribution is -2.30. The van der Waals surface area contributed by atoms with Crippen LogP contribution in [-0.2, 0) is 21.4 Å². The van der Waals surface area contributed by atoms with E-state index in [0.717, 1.165) is 18.2 Å². The maximum atomic E-state index is 13.8. The molecule has 0 aliphatic carbocycles. The summed E-state index contributed by atoms with van der Waals surface area (Å²) >= 11 is 0. The van der Waals surface area contributed by atoms with Gasteiger partial charge >= 0.3 is 0 Å². The molecule has 1 aliphatic heterocycles. The number of primary sulfonamides is 1. The van der Waals surface area contributed by atoms with E-state index in [4.69, 9.17) is 5.14 Å². The number of carbonyl (C=O) groups is 2. The predicted octanol–water partition coefficient (Wildman–Crippen LogP) is 1.76. The van der Waals surface area contributed by atoms with Crippen molar-refractivity contribution in [3.05, 3.63) is 58.4 Å². The molecular weight excluding hydrogens is 399 g/mol. The minimum atomic E-state index is -4.21. The van der Waals surface area contributed by atoms with Gasteiger partial charge in [0.25, 0.3) is 11.7 Å². The normalized spacial score (nSPS) is 14.1. The zero-order valence-electron chi connectivity index (χ0n) is 12.9. The van der Waals surface area contributed by atoms with Crippen LogP contribution in [0.15, 0.2) is 23.1 Å². The summed E-state index contributed by atoms with van der Waals surface area (Å²) in [6.45, 7) is -1.14. The van der Waals surface area contributed by atoms with Crippen LogP contribution < -0.4 is 10.0 Å². The van der Waals surface area contributed by atoms with Crippen molar-refractivity contribution in [2.45, 2.75) is 11.4 Å². The maximum Gasteiger partial charge on any atom is 0.299 e. The van der Waals surface area contributed by atoms with E-state index in [1.165, 1.54) is 0 Å². The number of rotatable bonds is 3. The molecule has 1 aliphatic rings. The highest BCUT2D eigenvalue weighted by Crippen LogP contribution is 2.33. The molecule has 1 heterocycles. The highest BCUT2D eigenvalue weighted by Gasteiger charge is 2.38. The Hall–Kier alpha value is -2.86. The molecule has 1 amide bonds. The minimum absolute atomic E-state index is 0.263. The van der Waals surface area contributed by atoms with Gasteiger partial charge in [0.15, 0.2) is 23.3 Å². The van der Waals surface area contributed by atoms with Crippen molar-refractivity contribution in [3.63, 3.8) is 0 Å². The lowest BCUT2D eigenvalue weighted by atomic mass is 10.1. The summed E-state index contributed by atoms with van der Waals surface area (Å²) in [7, 11) is -4.21. The van der Waals surface area contributed by atoms with Gasteiger partial charge in [0, 0.05) is 5.56 Å². The number of fused-ring (bicyclic) bond motifs is 1. The Morgan fingerprint density at radius 2 is 1.41 bits per heavy atom. The number of hydrogen-bond acceptors (Lipinski definition) is 4. The zero-order chi connectivity index (χ0) is 20.3. The van der Waals surface area contributed by atoms with Crippen molar-refractivity contribution in [2.75, 3.05) is 4.90 Å². The highest BCUT2D eigenvalue weighted by molar-refractivity contribution is 7.89. The van der Waals surface area contributed by atoms with Gasteiger partial charge < -0.3 is 4.90 Å². The van der Waals surface area contributed by atoms with Gasteiger partial charge in [-0.1, -0.05) is 0 Å². The third-order valence-electron chi connectivity index (χ3n) is 3.89. The lowest BCUT2D eigenvalue weighted by Gasteiger charge is -2.18. The van der Waals surface area contributed by atoms with Gasteiger partial charge in [-0.05, 0) is 18.2 Å². The molecule has 0 fully saturated rings. The Kier molecular flexibility index (Phi) is 4.27. The van der Waals surface area contributed by atoms with Crippen LogP contribution in [0.5, 0.6) is 0 Å². The SMILES string of the molecule is NS(=O)(=O)c1ccc2c(c1)C(=O)C(=O)N2Cc1c(F)c(F)c(F)c(F)c1F. The summed E-state index contributed by atoms with van der Waals surface area (Å²) in [6.07, 6.45) is 0. The van der Waals surface area contributed by atoms with Crippen LogP contribution in [0.25, 0.3) is 0 Å². The molecule has 2 aromatic rings. The quantitative estimate of drug-likeness (QED) is 0.364. The van der Waals surface area contributed by atoms with E-state index in [-0.39, 0.29) is 5.69 Å². The van der Waals surface area contributed by atoms with Gasteiger partial charge in [-0.2, -0.15) is 0 Å². The lowest BCUT2D eigenvalue weighted by molar-refractivity contribution is -0.114. The van der Waals surface area contributed by atoms with Gasteiger partial charge in [-0.15, -0.1) is 0 Å². The predicted molar refractivity (Wildman–Crippen MR) is 79.6 cm³/mol. The topological polar surface area (TPSA) is 97.5 Å². The molecule has 12 heteroatoms. The molecule has 2 aromatic carbocycles. The highest BCUT2D eigenvalue weighted by atomic mass is 32.2. The fourth-order valence-electron chi connectivity index (χ4n) is 2.56. The van der Waals surface area contributed by atoms with Crippen molar-refractivity contribution in [1.82, 2.24) is 0 Å². The monoisotopic (exact) mass is 406 g/mol. The maximum absolute atomic E-state index is 13.8. The summed E-state index contributed by atoms with van der Waals surface area (Å²) in [5, 5.41) is 4.92. The van der Waals surface area contributed by atoms with E-state index in [9.17, 15) is 40.0 Å². The van der Waals surface area contributed by atoms with Crippen molar-refractivity contribution in [1.29, 1.82) is 0 Å². The molecule has 0 spiro atoms. The number of ketones is 1. The largest absolute Gasteiger partial charge is 0.300 e. The molecule has 0 unspecified atom stereocenters. The Balaban J connectivity index is 2.12. The molecule has 3 rings (SSSR count). The number of anilines is 1. The molecule has 0 saturated heterocycles. The van der Waals surface area contributed by atoms with E-state index in [1.54, 1.807) is 0 Å². The third kappa shape index (κ3) is 2.86. The van der Waals surface area contributed by atoms with Crippen molar-refractivity contribution < 1.29 is 40.0 Å². The average Bonchev–Trinajstić information content (AvgIpc) is 2.85. The molecule has 0 aromatic heterocycles. The fourth-order valence-corrected chi connectivity index (χ4v) is 3.10. The number of sulfonamides is 1. The average molecular weight is 406 g/mol. The summed E-state index contributed by atoms with van der Waals surface area (Å²) in [5.74, 6) is -13.6. The third-order valence-corrected chi connectivity index (χ3v) is 4.80. The Labute approximate surface area is 148 Å². The Morgan fingerprint density at radius 1 is 0.889 bits per heavy atom. The van der Waals surface area contributed by atoms with Gasteiger partial charge in [0.2, 0.25) is 15.8 Å². The van der Waals surface area contributed by atoms with E-state index in [1.807, 2.05) is 0 Å². The Morgan fingerprint density at radius 3 is 1.93 bits per heavy atom. The van der Waals surface area contributed by atoms with Crippen LogP contribution >= 0.6 is 0 Å². The van der Waals surface area contributed by atoms with Crippen LogP contribution in [0, 0.1) is 29.1 Å². The second-order valence-electron chi connectivity index (χ2n) is 5.49. The van der Waals surface area contributed by atoms with Gasteiger partial charge in [0.1, 0.15) is 0 Å². The molecule has 142 valence electrons. The summed E-state index contributed by atoms with van der Waals surface area (Å²) in [4.78, 5) is 24.1. The minimum Gasteiger partial charge on any atom is -0.300 e. The Bertz CT molecular complexity index is 1100. The van der Waals surface area contributed by atoms with Crippen molar-refractivity contribution >= 4 is 27.4 Å². The first-order valence-corrected chi connectivity index (χ1v) is 8.53. The number of nitrogens with zero attached hydrogens (tertiary/aromatic N) is 1. The number of benzene rings is 2. The molecule has 0 atom stereocenters. The molecule has 27 heavy (non-hydrogen) atoms. The number of carbonyl (C=O) groups excluding carboxylic acids is 2. The van der Waals surface area contributed by atoms with E-state index in [2.05, 4.69) is 0 Å². The molecule has 0 radical (unpaired) electrons. The summed E-state index contributed by atoms with van der Waals surface area (Å²) < 4.78 is 90.1. The fraction of sp³-hybridized carbons (Fsp3) is 0.0667. The second-order valence-corrected chi connectivity index (χ2v) is 7.05. The van der Waals surface area contributed by atoms with Gasteiger partial charge in [-0.25, -0.2) is 35.5 Å². The number of hydrogen-bond donors (Lipinski definition) is 1. The molecule has 2 N–H and O–H groups in total. The molecule has 0 bridgehead atoms. The van der Waals surface area contributed by atoms with E-state index < -0.39 is 73.4 Å². The standard InChI is InChI=1S/C15H7F5N2O4S/c16-9-7(10(17)12(19)13(20)11(9)18)4-22-8-2-1-5(27(21,25)26)3-6(8)14(23)15(22)24/h1-3H,4H2,(H2,21,25,26). The zero-order valence-corrected chi connectivity index (χ0v) is 13.7. The van der Waals surface area contributed by atoms with Crippen molar-refractivity contribution in [2.24, 2.45) is 5.14 Å². The van der Waals surface area contributed by atoms with Crippen LogP contribution in [-0.4, -0.2) is 20.1 Å². The van der Waals surface area contributed by atoms with E-state index in [0.29, 0.717) is 4.90 Å². The molecule has 0 saturated carbocycles. The second kappa shape index (κ2) is 6.09. The number of amides is 1. The smallest absolute Gasteiger partial charge is 0.299 e. The van der Waals surface area contributed by atoms with Crippen molar-refractivity contribution in [3.8, 4) is 0 Å².